The van der Waals surface area contributed by atoms with Gasteiger partial charge in [0, 0.05) is 36.4 Å². The van der Waals surface area contributed by atoms with Gasteiger partial charge < -0.3 is 15.8 Å². The molecule has 3 heteroatoms. The summed E-state index contributed by atoms with van der Waals surface area (Å²) in [6.07, 6.45) is 9.64. The van der Waals surface area contributed by atoms with E-state index in [2.05, 4.69) is 42.3 Å². The molecule has 3 nitrogen and oxygen atoms in total. The number of hydrogen-bond donors (Lipinski definition) is 2. The summed E-state index contributed by atoms with van der Waals surface area (Å²) in [5.74, 6) is 7.27. The highest BCUT2D eigenvalue weighted by atomic mass is 16.5. The van der Waals surface area contributed by atoms with Crippen LogP contribution >= 0.6 is 0 Å². The molecule has 1 saturated heterocycles. The van der Waals surface area contributed by atoms with E-state index >= 15 is 0 Å². The predicted molar refractivity (Wildman–Crippen MR) is 99.2 cm³/mol. The summed E-state index contributed by atoms with van der Waals surface area (Å²) in [6, 6.07) is 6.27. The molecular weight excluding hydrogens is 296 g/mol. The third-order valence-corrected chi connectivity index (χ3v) is 4.94. The Morgan fingerprint density at radius 1 is 1.29 bits per heavy atom. The number of aryl methyl sites for hydroxylation is 1. The predicted octanol–water partition coefficient (Wildman–Crippen LogP) is 3.56. The van der Waals surface area contributed by atoms with Crippen molar-refractivity contribution in [3.63, 3.8) is 0 Å². The molecule has 3 N–H and O–H groups in total. The zero-order valence-corrected chi connectivity index (χ0v) is 14.6. The molecule has 128 valence electrons. The van der Waals surface area contributed by atoms with E-state index < -0.39 is 0 Å². The molecule has 1 aliphatic heterocycles. The fraction of sp³-hybridized carbons (Fsp3) is 0.524. The Balaban J connectivity index is 1.57. The first kappa shape index (κ1) is 16.9. The van der Waals surface area contributed by atoms with Crippen LogP contribution in [0, 0.1) is 24.7 Å². The molecule has 1 heterocycles. The molecule has 1 unspecified atom stereocenters. The number of nitrogens with one attached hydrogen (secondary N) is 1. The topological polar surface area (TPSA) is 47.3 Å². The Hall–Kier alpha value is -1.92. The Morgan fingerprint density at radius 3 is 2.83 bits per heavy atom. The van der Waals surface area contributed by atoms with Crippen LogP contribution in [0.4, 0.5) is 0 Å². The van der Waals surface area contributed by atoms with E-state index in [-0.39, 0.29) is 0 Å². The molecule has 0 aromatic heterocycles. The van der Waals surface area contributed by atoms with Crippen molar-refractivity contribution in [2.24, 2.45) is 11.7 Å². The SMILES string of the molecule is Cc1cc(C#CC2CCC2)ccc1/C(N)=C/NCC1CCCCO1. The van der Waals surface area contributed by atoms with Crippen molar-refractivity contribution in [1.29, 1.82) is 0 Å². The van der Waals surface area contributed by atoms with E-state index in [0.717, 1.165) is 36.4 Å². The zero-order valence-electron chi connectivity index (χ0n) is 14.6. The van der Waals surface area contributed by atoms with Crippen LogP contribution in [-0.2, 0) is 4.74 Å². The molecule has 2 fully saturated rings. The molecule has 24 heavy (non-hydrogen) atoms. The van der Waals surface area contributed by atoms with Crippen molar-refractivity contribution in [1.82, 2.24) is 5.32 Å². The second-order valence-corrected chi connectivity index (χ2v) is 6.92. The van der Waals surface area contributed by atoms with E-state index in [4.69, 9.17) is 10.5 Å². The minimum absolute atomic E-state index is 0.313. The average molecular weight is 324 g/mol. The minimum Gasteiger partial charge on any atom is -0.397 e. The second-order valence-electron chi connectivity index (χ2n) is 6.92. The molecule has 1 aromatic rings. The van der Waals surface area contributed by atoms with Gasteiger partial charge >= 0.3 is 0 Å². The maximum Gasteiger partial charge on any atom is 0.0747 e. The van der Waals surface area contributed by atoms with Crippen LogP contribution in [0.25, 0.3) is 5.70 Å². The van der Waals surface area contributed by atoms with Gasteiger partial charge in [-0.25, -0.2) is 0 Å². The molecule has 0 radical (unpaired) electrons. The molecule has 1 saturated carbocycles. The van der Waals surface area contributed by atoms with Gasteiger partial charge in [-0.15, -0.1) is 0 Å². The Labute approximate surface area is 145 Å². The average Bonchev–Trinajstić information content (AvgIpc) is 2.54. The van der Waals surface area contributed by atoms with Crippen LogP contribution < -0.4 is 11.1 Å². The van der Waals surface area contributed by atoms with Gasteiger partial charge in [0.1, 0.15) is 0 Å². The maximum absolute atomic E-state index is 6.24. The van der Waals surface area contributed by atoms with Crippen LogP contribution in [-0.4, -0.2) is 19.3 Å². The lowest BCUT2D eigenvalue weighted by atomic mass is 9.86. The summed E-state index contributed by atoms with van der Waals surface area (Å²) in [6.45, 7) is 3.80. The van der Waals surface area contributed by atoms with Crippen molar-refractivity contribution < 1.29 is 4.74 Å². The fourth-order valence-electron chi connectivity index (χ4n) is 3.15. The van der Waals surface area contributed by atoms with Gasteiger partial charge in [-0.05, 0) is 56.7 Å². The Morgan fingerprint density at radius 2 is 2.17 bits per heavy atom. The van der Waals surface area contributed by atoms with Crippen molar-refractivity contribution in [2.75, 3.05) is 13.2 Å². The summed E-state index contributed by atoms with van der Waals surface area (Å²) >= 11 is 0. The van der Waals surface area contributed by atoms with Crippen LogP contribution in [0.5, 0.6) is 0 Å². The number of ether oxygens (including phenoxy) is 1. The van der Waals surface area contributed by atoms with Gasteiger partial charge in [-0.1, -0.05) is 24.3 Å². The van der Waals surface area contributed by atoms with Gasteiger partial charge in [-0.3, -0.25) is 0 Å². The fourth-order valence-corrected chi connectivity index (χ4v) is 3.15. The molecule has 3 rings (SSSR count). The summed E-state index contributed by atoms with van der Waals surface area (Å²) in [5.41, 5.74) is 10.3. The number of rotatable bonds is 4. The van der Waals surface area contributed by atoms with E-state index in [1.807, 2.05) is 6.20 Å². The van der Waals surface area contributed by atoms with Crippen LogP contribution in [0.15, 0.2) is 24.4 Å². The lowest BCUT2D eigenvalue weighted by Crippen LogP contribution is -2.29. The van der Waals surface area contributed by atoms with E-state index in [0.29, 0.717) is 12.0 Å². The van der Waals surface area contributed by atoms with Crippen molar-refractivity contribution >= 4 is 5.70 Å². The lowest BCUT2D eigenvalue weighted by molar-refractivity contribution is 0.0188. The normalized spacial score (nSPS) is 21.5. The standard InChI is InChI=1S/C21H28N2O/c1-16-13-18(9-8-17-5-4-6-17)10-11-20(16)21(22)15-23-14-19-7-2-3-12-24-19/h10-11,13,15,17,19,23H,2-7,12,14,22H2,1H3/b21-15-. The first-order valence-electron chi connectivity index (χ1n) is 9.15. The summed E-state index contributed by atoms with van der Waals surface area (Å²) < 4.78 is 5.72. The molecule has 1 aromatic carbocycles. The third kappa shape index (κ3) is 4.55. The monoisotopic (exact) mass is 324 g/mol. The molecule has 0 bridgehead atoms. The third-order valence-electron chi connectivity index (χ3n) is 4.94. The lowest BCUT2D eigenvalue weighted by Gasteiger charge is -2.22. The van der Waals surface area contributed by atoms with Crippen molar-refractivity contribution in [3.05, 3.63) is 41.1 Å². The first-order valence-corrected chi connectivity index (χ1v) is 9.15. The molecule has 0 amide bonds. The highest BCUT2D eigenvalue weighted by Gasteiger charge is 2.14. The number of nitrogens with two attached hydrogens (primary N) is 1. The van der Waals surface area contributed by atoms with Gasteiger partial charge in [0.25, 0.3) is 0 Å². The van der Waals surface area contributed by atoms with Crippen LogP contribution in [0.2, 0.25) is 0 Å². The van der Waals surface area contributed by atoms with Gasteiger partial charge in [-0.2, -0.15) is 0 Å². The maximum atomic E-state index is 6.24. The van der Waals surface area contributed by atoms with Gasteiger partial charge in [0.05, 0.1) is 11.8 Å². The summed E-state index contributed by atoms with van der Waals surface area (Å²) in [5, 5.41) is 3.31. The quantitative estimate of drug-likeness (QED) is 0.833. The highest BCUT2D eigenvalue weighted by molar-refractivity contribution is 5.66. The first-order chi connectivity index (χ1) is 11.7. The van der Waals surface area contributed by atoms with Crippen molar-refractivity contribution in [3.8, 4) is 11.8 Å². The van der Waals surface area contributed by atoms with Crippen LogP contribution in [0.3, 0.4) is 0 Å². The molecule has 1 aliphatic carbocycles. The molecular formula is C21H28N2O. The smallest absolute Gasteiger partial charge is 0.0747 e. The highest BCUT2D eigenvalue weighted by Crippen LogP contribution is 2.25. The van der Waals surface area contributed by atoms with Crippen molar-refractivity contribution in [2.45, 2.75) is 51.6 Å². The summed E-state index contributed by atoms with van der Waals surface area (Å²) in [7, 11) is 0. The number of hydrogen-bond acceptors (Lipinski definition) is 3. The van der Waals surface area contributed by atoms with E-state index in [1.165, 1.54) is 37.7 Å². The van der Waals surface area contributed by atoms with E-state index in [9.17, 15) is 0 Å². The minimum atomic E-state index is 0.313. The molecule has 2 aliphatic rings. The Bertz CT molecular complexity index is 644. The van der Waals surface area contributed by atoms with E-state index in [1.54, 1.807) is 0 Å². The molecule has 1 atom stereocenters. The van der Waals surface area contributed by atoms with Gasteiger partial charge in [0.15, 0.2) is 0 Å². The van der Waals surface area contributed by atoms with Gasteiger partial charge in [0.2, 0.25) is 0 Å². The largest absolute Gasteiger partial charge is 0.397 e. The number of benzene rings is 1. The van der Waals surface area contributed by atoms with Crippen LogP contribution in [0.1, 0.15) is 55.2 Å². The second kappa shape index (κ2) is 8.26. The summed E-state index contributed by atoms with van der Waals surface area (Å²) in [4.78, 5) is 0. The zero-order chi connectivity index (χ0) is 16.8. The Kier molecular flexibility index (Phi) is 5.82. The molecule has 0 spiro atoms.